The number of fused-ring (bicyclic) bond motifs is 1. The molecule has 184 valence electrons. The van der Waals surface area contributed by atoms with Crippen molar-refractivity contribution < 1.29 is 27.8 Å². The zero-order valence-corrected chi connectivity index (χ0v) is 19.0. The molecule has 2 aliphatic rings. The number of amides is 1. The van der Waals surface area contributed by atoms with Crippen LogP contribution in [0.2, 0.25) is 0 Å². The number of aromatic hydroxyl groups is 1. The standard InChI is InChI=1S/C24H28F3N3O4/c1-2-16-6-5-7-17(14-16)23(8-3-4-9-23)15-18-28-21(32)20(31)19-22(33)29(10-11-30(18)19)12-13-34-24(25,26)27/h5-7,14,31H,2-4,8-13,15H2,1H3. The molecule has 1 N–H and O–H groups in total. The molecular weight excluding hydrogens is 451 g/mol. The molecule has 1 aliphatic carbocycles. The van der Waals surface area contributed by atoms with Crippen molar-refractivity contribution in [2.75, 3.05) is 19.7 Å². The lowest BCUT2D eigenvalue weighted by molar-refractivity contribution is -0.324. The molecule has 2 aromatic rings. The third-order valence-corrected chi connectivity index (χ3v) is 6.95. The minimum Gasteiger partial charge on any atom is -0.501 e. The van der Waals surface area contributed by atoms with Gasteiger partial charge in [0.25, 0.3) is 5.91 Å². The predicted molar refractivity (Wildman–Crippen MR) is 118 cm³/mol. The van der Waals surface area contributed by atoms with Crippen LogP contribution in [-0.2, 0) is 29.5 Å². The van der Waals surface area contributed by atoms with E-state index in [1.54, 1.807) is 4.57 Å². The van der Waals surface area contributed by atoms with Gasteiger partial charge in [-0.05, 0) is 30.4 Å². The van der Waals surface area contributed by atoms with Crippen LogP contribution in [0.25, 0.3) is 0 Å². The normalized spacial score (nSPS) is 17.8. The summed E-state index contributed by atoms with van der Waals surface area (Å²) in [6, 6.07) is 8.39. The first-order chi connectivity index (χ1) is 16.1. The Morgan fingerprint density at radius 3 is 2.59 bits per heavy atom. The van der Waals surface area contributed by atoms with Crippen LogP contribution in [0.4, 0.5) is 13.2 Å². The highest BCUT2D eigenvalue weighted by atomic mass is 19.4. The summed E-state index contributed by atoms with van der Waals surface area (Å²) in [5.41, 5.74) is 1.04. The number of carbonyl (C=O) groups is 1. The lowest BCUT2D eigenvalue weighted by atomic mass is 9.75. The van der Waals surface area contributed by atoms with E-state index in [1.807, 2.05) is 6.07 Å². The number of ether oxygens (including phenoxy) is 1. The largest absolute Gasteiger partial charge is 0.522 e. The fourth-order valence-electron chi connectivity index (χ4n) is 5.18. The number of nitrogens with zero attached hydrogens (tertiary/aromatic N) is 3. The van der Waals surface area contributed by atoms with E-state index >= 15 is 0 Å². The van der Waals surface area contributed by atoms with Gasteiger partial charge in [0, 0.05) is 31.5 Å². The fourth-order valence-corrected chi connectivity index (χ4v) is 5.18. The van der Waals surface area contributed by atoms with Crippen molar-refractivity contribution >= 4 is 5.91 Å². The lowest BCUT2D eigenvalue weighted by Gasteiger charge is -2.34. The molecule has 1 aromatic carbocycles. The Labute approximate surface area is 195 Å². The van der Waals surface area contributed by atoms with Crippen LogP contribution in [0.3, 0.4) is 0 Å². The van der Waals surface area contributed by atoms with Crippen molar-refractivity contribution in [1.29, 1.82) is 0 Å². The summed E-state index contributed by atoms with van der Waals surface area (Å²) in [6.45, 7) is 1.40. The number of aryl methyl sites for hydroxylation is 1. The molecule has 7 nitrogen and oxygen atoms in total. The van der Waals surface area contributed by atoms with Crippen molar-refractivity contribution in [2.24, 2.45) is 0 Å². The second-order valence-electron chi connectivity index (χ2n) is 8.99. The third-order valence-electron chi connectivity index (χ3n) is 6.95. The summed E-state index contributed by atoms with van der Waals surface area (Å²) in [5.74, 6) is -1.06. The maximum absolute atomic E-state index is 13.0. The molecule has 10 heteroatoms. The lowest BCUT2D eigenvalue weighted by Crippen LogP contribution is -2.45. The molecule has 0 unspecified atom stereocenters. The van der Waals surface area contributed by atoms with E-state index in [0.717, 1.165) is 37.0 Å². The van der Waals surface area contributed by atoms with E-state index in [1.165, 1.54) is 11.1 Å². The quantitative estimate of drug-likeness (QED) is 0.657. The van der Waals surface area contributed by atoms with Gasteiger partial charge in [-0.15, -0.1) is 13.2 Å². The number of hydrogen-bond acceptors (Lipinski definition) is 5. The first-order valence-electron chi connectivity index (χ1n) is 11.6. The second kappa shape index (κ2) is 9.40. The predicted octanol–water partition coefficient (Wildman–Crippen LogP) is 3.56. The van der Waals surface area contributed by atoms with Gasteiger partial charge in [0.05, 0.1) is 6.61 Å². The zero-order chi connectivity index (χ0) is 24.5. The minimum atomic E-state index is -4.79. The van der Waals surface area contributed by atoms with Crippen molar-refractivity contribution in [3.63, 3.8) is 0 Å². The van der Waals surface area contributed by atoms with E-state index in [0.29, 0.717) is 12.2 Å². The SMILES string of the molecule is CCc1cccc(C2(Cc3nc(=O)c(O)c4n3CCN(CCOC(F)(F)F)C4=O)CCCC2)c1. The van der Waals surface area contributed by atoms with E-state index in [-0.39, 0.29) is 30.7 Å². The maximum atomic E-state index is 13.0. The van der Waals surface area contributed by atoms with Gasteiger partial charge in [-0.1, -0.05) is 44.0 Å². The van der Waals surface area contributed by atoms with Crippen LogP contribution in [0.1, 0.15) is 60.0 Å². The van der Waals surface area contributed by atoms with Crippen LogP contribution < -0.4 is 5.56 Å². The molecule has 0 saturated heterocycles. The highest BCUT2D eigenvalue weighted by Crippen LogP contribution is 2.44. The van der Waals surface area contributed by atoms with Crippen LogP contribution in [0.15, 0.2) is 29.1 Å². The van der Waals surface area contributed by atoms with Crippen LogP contribution in [0, 0.1) is 0 Å². The number of rotatable bonds is 7. The first kappa shape index (κ1) is 24.3. The van der Waals surface area contributed by atoms with Gasteiger partial charge in [0.15, 0.2) is 5.69 Å². The highest BCUT2D eigenvalue weighted by molar-refractivity contribution is 5.95. The van der Waals surface area contributed by atoms with Gasteiger partial charge in [-0.2, -0.15) is 4.98 Å². The Morgan fingerprint density at radius 1 is 1.18 bits per heavy atom. The zero-order valence-electron chi connectivity index (χ0n) is 19.0. The summed E-state index contributed by atoms with van der Waals surface area (Å²) < 4.78 is 42.3. The summed E-state index contributed by atoms with van der Waals surface area (Å²) in [5, 5.41) is 10.4. The van der Waals surface area contributed by atoms with Crippen LogP contribution >= 0.6 is 0 Å². The topological polar surface area (TPSA) is 84.7 Å². The molecule has 1 amide bonds. The molecule has 0 atom stereocenters. The molecule has 34 heavy (non-hydrogen) atoms. The second-order valence-corrected chi connectivity index (χ2v) is 8.99. The molecule has 2 heterocycles. The van der Waals surface area contributed by atoms with E-state index in [9.17, 15) is 27.9 Å². The van der Waals surface area contributed by atoms with Gasteiger partial charge >= 0.3 is 11.9 Å². The minimum absolute atomic E-state index is 0.127. The Balaban J connectivity index is 1.66. The Bertz CT molecular complexity index is 1120. The van der Waals surface area contributed by atoms with E-state index < -0.39 is 30.2 Å². The Morgan fingerprint density at radius 2 is 1.91 bits per heavy atom. The van der Waals surface area contributed by atoms with Gasteiger partial charge < -0.3 is 14.6 Å². The van der Waals surface area contributed by atoms with Gasteiger partial charge in [-0.25, -0.2) is 0 Å². The highest BCUT2D eigenvalue weighted by Gasteiger charge is 2.39. The average molecular weight is 479 g/mol. The summed E-state index contributed by atoms with van der Waals surface area (Å²) in [4.78, 5) is 30.8. The summed E-state index contributed by atoms with van der Waals surface area (Å²) in [6.07, 6.45) is 0.459. The molecule has 1 aliphatic heterocycles. The molecule has 1 fully saturated rings. The molecule has 0 spiro atoms. The average Bonchev–Trinajstić information content (AvgIpc) is 3.27. The monoisotopic (exact) mass is 479 g/mol. The number of carbonyl (C=O) groups excluding carboxylic acids is 1. The van der Waals surface area contributed by atoms with Crippen LogP contribution in [0.5, 0.6) is 5.75 Å². The van der Waals surface area contributed by atoms with Gasteiger partial charge in [0.1, 0.15) is 5.82 Å². The summed E-state index contributed by atoms with van der Waals surface area (Å²) in [7, 11) is 0. The number of alkyl halides is 3. The molecule has 1 aromatic heterocycles. The molecule has 4 rings (SSSR count). The number of hydrogen-bond donors (Lipinski definition) is 1. The van der Waals surface area contributed by atoms with E-state index in [2.05, 4.69) is 34.8 Å². The molecule has 0 bridgehead atoms. The molecule has 0 radical (unpaired) electrons. The van der Waals surface area contributed by atoms with E-state index in [4.69, 9.17) is 0 Å². The third kappa shape index (κ3) is 4.82. The van der Waals surface area contributed by atoms with Gasteiger partial charge in [0.2, 0.25) is 5.75 Å². The number of benzene rings is 1. The Hall–Kier alpha value is -2.88. The van der Waals surface area contributed by atoms with Crippen LogP contribution in [-0.4, -0.2) is 51.5 Å². The summed E-state index contributed by atoms with van der Waals surface area (Å²) >= 11 is 0. The smallest absolute Gasteiger partial charge is 0.501 e. The maximum Gasteiger partial charge on any atom is 0.522 e. The Kier molecular flexibility index (Phi) is 6.71. The fraction of sp³-hybridized carbons (Fsp3) is 0.542. The van der Waals surface area contributed by atoms with Crippen molar-refractivity contribution in [2.45, 2.75) is 63.8 Å². The molecule has 1 saturated carbocycles. The van der Waals surface area contributed by atoms with Crippen molar-refractivity contribution in [1.82, 2.24) is 14.5 Å². The van der Waals surface area contributed by atoms with Crippen molar-refractivity contribution in [3.8, 4) is 5.75 Å². The first-order valence-corrected chi connectivity index (χ1v) is 11.6. The molecular formula is C24H28F3N3O4. The van der Waals surface area contributed by atoms with Crippen molar-refractivity contribution in [3.05, 3.63) is 57.3 Å². The number of halogens is 3. The number of aromatic nitrogens is 2. The van der Waals surface area contributed by atoms with Gasteiger partial charge in [-0.3, -0.25) is 14.3 Å².